The van der Waals surface area contributed by atoms with Gasteiger partial charge in [0, 0.05) is 37.9 Å². The van der Waals surface area contributed by atoms with Gasteiger partial charge in [0.1, 0.15) is 0 Å². The molecule has 24 heavy (non-hydrogen) atoms. The van der Waals surface area contributed by atoms with Crippen LogP contribution in [0.4, 0.5) is 0 Å². The van der Waals surface area contributed by atoms with E-state index in [9.17, 15) is 4.79 Å². The van der Waals surface area contributed by atoms with Gasteiger partial charge in [0.05, 0.1) is 5.69 Å². The molecule has 0 saturated carbocycles. The van der Waals surface area contributed by atoms with Crippen molar-refractivity contribution in [1.82, 2.24) is 15.2 Å². The van der Waals surface area contributed by atoms with Crippen molar-refractivity contribution < 1.29 is 4.79 Å². The molecule has 0 unspecified atom stereocenters. The lowest BCUT2D eigenvalue weighted by molar-refractivity contribution is -0.117. The molecule has 124 valence electrons. The summed E-state index contributed by atoms with van der Waals surface area (Å²) >= 11 is 0. The average molecular weight is 321 g/mol. The van der Waals surface area contributed by atoms with E-state index in [1.807, 2.05) is 24.3 Å². The Hall–Kier alpha value is -2.46. The first-order valence-electron chi connectivity index (χ1n) is 8.45. The number of benzene rings is 1. The lowest BCUT2D eigenvalue weighted by atomic mass is 10.0. The van der Waals surface area contributed by atoms with E-state index in [0.717, 1.165) is 38.2 Å². The third-order valence-electron chi connectivity index (χ3n) is 4.28. The first-order valence-corrected chi connectivity index (χ1v) is 8.45. The number of hydrogen-bond donors (Lipinski definition) is 1. The number of aromatic nitrogens is 1. The van der Waals surface area contributed by atoms with Gasteiger partial charge in [-0.1, -0.05) is 36.4 Å². The number of carbonyl (C=O) groups is 1. The summed E-state index contributed by atoms with van der Waals surface area (Å²) in [6.45, 7) is 3.02. The maximum atomic E-state index is 12.0. The van der Waals surface area contributed by atoms with Crippen LogP contribution in [0, 0.1) is 0 Å². The Labute approximate surface area is 143 Å². The highest BCUT2D eigenvalue weighted by Crippen LogP contribution is 2.13. The monoisotopic (exact) mass is 321 g/mol. The molecule has 0 spiro atoms. The summed E-state index contributed by atoms with van der Waals surface area (Å²) in [7, 11) is 0. The molecule has 3 rings (SSSR count). The molecule has 1 N–H and O–H groups in total. The number of likely N-dealkylation sites (tertiary alicyclic amines) is 1. The first kappa shape index (κ1) is 16.4. The van der Waals surface area contributed by atoms with E-state index in [1.165, 1.54) is 5.56 Å². The van der Waals surface area contributed by atoms with Gasteiger partial charge in [0.25, 0.3) is 0 Å². The normalized spacial score (nSPS) is 16.3. The van der Waals surface area contributed by atoms with Crippen molar-refractivity contribution in [3.8, 4) is 0 Å². The van der Waals surface area contributed by atoms with Crippen LogP contribution in [0.3, 0.4) is 0 Å². The fourth-order valence-corrected chi connectivity index (χ4v) is 2.96. The van der Waals surface area contributed by atoms with Crippen LogP contribution in [-0.2, 0) is 11.3 Å². The van der Waals surface area contributed by atoms with Crippen molar-refractivity contribution in [2.24, 2.45) is 0 Å². The van der Waals surface area contributed by atoms with E-state index in [0.29, 0.717) is 0 Å². The predicted octanol–water partition coefficient (Wildman–Crippen LogP) is 2.88. The highest BCUT2D eigenvalue weighted by molar-refractivity contribution is 5.91. The summed E-state index contributed by atoms with van der Waals surface area (Å²) in [4.78, 5) is 18.6. The molecular weight excluding hydrogens is 298 g/mol. The number of rotatable bonds is 5. The Kier molecular flexibility index (Phi) is 5.75. The maximum Gasteiger partial charge on any atom is 0.244 e. The number of hydrogen-bond acceptors (Lipinski definition) is 3. The van der Waals surface area contributed by atoms with Crippen molar-refractivity contribution >= 4 is 12.0 Å². The number of amides is 1. The van der Waals surface area contributed by atoms with Gasteiger partial charge in [-0.3, -0.25) is 14.7 Å². The topological polar surface area (TPSA) is 45.2 Å². The molecule has 4 heteroatoms. The zero-order valence-electron chi connectivity index (χ0n) is 13.8. The average Bonchev–Trinajstić information content (AvgIpc) is 2.63. The van der Waals surface area contributed by atoms with Crippen LogP contribution in [0.5, 0.6) is 0 Å². The van der Waals surface area contributed by atoms with Crippen LogP contribution < -0.4 is 5.32 Å². The van der Waals surface area contributed by atoms with Gasteiger partial charge >= 0.3 is 0 Å². The van der Waals surface area contributed by atoms with Crippen LogP contribution >= 0.6 is 0 Å². The molecule has 4 nitrogen and oxygen atoms in total. The van der Waals surface area contributed by atoms with E-state index in [4.69, 9.17) is 0 Å². The molecule has 0 radical (unpaired) electrons. The zero-order valence-corrected chi connectivity index (χ0v) is 13.8. The molecule has 1 saturated heterocycles. The summed E-state index contributed by atoms with van der Waals surface area (Å²) in [5.41, 5.74) is 2.14. The predicted molar refractivity (Wildman–Crippen MR) is 96.2 cm³/mol. The molecule has 2 aromatic rings. The maximum absolute atomic E-state index is 12.0. The van der Waals surface area contributed by atoms with Crippen molar-refractivity contribution in [2.45, 2.75) is 25.4 Å². The van der Waals surface area contributed by atoms with E-state index < -0.39 is 0 Å². The number of pyridine rings is 1. The molecular formula is C20H23N3O. The van der Waals surface area contributed by atoms with E-state index >= 15 is 0 Å². The second kappa shape index (κ2) is 8.41. The summed E-state index contributed by atoms with van der Waals surface area (Å²) in [6.07, 6.45) is 7.03. The Morgan fingerprint density at radius 3 is 2.58 bits per heavy atom. The zero-order chi connectivity index (χ0) is 16.6. The van der Waals surface area contributed by atoms with Gasteiger partial charge in [-0.05, 0) is 36.6 Å². The van der Waals surface area contributed by atoms with Crippen molar-refractivity contribution in [3.63, 3.8) is 0 Å². The quantitative estimate of drug-likeness (QED) is 0.861. The Morgan fingerprint density at radius 1 is 1.12 bits per heavy atom. The fourth-order valence-electron chi connectivity index (χ4n) is 2.96. The van der Waals surface area contributed by atoms with Crippen LogP contribution in [0.25, 0.3) is 6.08 Å². The van der Waals surface area contributed by atoms with Crippen molar-refractivity contribution in [3.05, 3.63) is 72.1 Å². The third kappa shape index (κ3) is 5.03. The number of nitrogens with zero attached hydrogens (tertiary/aromatic N) is 2. The molecule has 1 aromatic heterocycles. The van der Waals surface area contributed by atoms with Gasteiger partial charge in [-0.15, -0.1) is 0 Å². The molecule has 1 aromatic carbocycles. The third-order valence-corrected chi connectivity index (χ3v) is 4.28. The number of piperidine rings is 1. The smallest absolute Gasteiger partial charge is 0.244 e. The van der Waals surface area contributed by atoms with E-state index in [1.54, 1.807) is 18.3 Å². The summed E-state index contributed by atoms with van der Waals surface area (Å²) < 4.78 is 0. The summed E-state index contributed by atoms with van der Waals surface area (Å²) in [5.74, 6) is -0.0397. The second-order valence-corrected chi connectivity index (χ2v) is 6.13. The molecule has 0 aliphatic carbocycles. The van der Waals surface area contributed by atoms with Crippen LogP contribution in [0.15, 0.2) is 60.8 Å². The highest BCUT2D eigenvalue weighted by Gasteiger charge is 2.19. The molecule has 1 aliphatic heterocycles. The molecule has 1 amide bonds. The number of nitrogens with one attached hydrogen (secondary N) is 1. The molecule has 0 bridgehead atoms. The number of carbonyl (C=O) groups excluding carboxylic acids is 1. The highest BCUT2D eigenvalue weighted by atomic mass is 16.1. The summed E-state index contributed by atoms with van der Waals surface area (Å²) in [6, 6.07) is 16.4. The molecule has 0 atom stereocenters. The van der Waals surface area contributed by atoms with Gasteiger partial charge in [-0.2, -0.15) is 0 Å². The van der Waals surface area contributed by atoms with E-state index in [-0.39, 0.29) is 11.9 Å². The van der Waals surface area contributed by atoms with Gasteiger partial charge in [0.2, 0.25) is 5.91 Å². The molecule has 2 heterocycles. The van der Waals surface area contributed by atoms with Crippen molar-refractivity contribution in [1.29, 1.82) is 0 Å². The minimum absolute atomic E-state index is 0.0397. The lowest BCUT2D eigenvalue weighted by Crippen LogP contribution is -2.43. The summed E-state index contributed by atoms with van der Waals surface area (Å²) in [5, 5.41) is 3.09. The van der Waals surface area contributed by atoms with Gasteiger partial charge in [0.15, 0.2) is 0 Å². The van der Waals surface area contributed by atoms with Crippen LogP contribution in [-0.4, -0.2) is 34.9 Å². The Bertz CT molecular complexity index is 662. The Morgan fingerprint density at radius 2 is 1.88 bits per heavy atom. The minimum Gasteiger partial charge on any atom is -0.350 e. The van der Waals surface area contributed by atoms with Gasteiger partial charge < -0.3 is 5.32 Å². The Balaban J connectivity index is 1.42. The van der Waals surface area contributed by atoms with E-state index in [2.05, 4.69) is 39.5 Å². The van der Waals surface area contributed by atoms with Crippen molar-refractivity contribution in [2.75, 3.05) is 13.1 Å². The first-order chi connectivity index (χ1) is 11.8. The second-order valence-electron chi connectivity index (χ2n) is 6.13. The fraction of sp³-hybridized carbons (Fsp3) is 0.300. The largest absolute Gasteiger partial charge is 0.350 e. The molecule has 1 fully saturated rings. The van der Waals surface area contributed by atoms with Crippen LogP contribution in [0.2, 0.25) is 0 Å². The SMILES string of the molecule is O=C(/C=C/c1ccccn1)NC1CCN(Cc2ccccc2)CC1. The minimum atomic E-state index is -0.0397. The lowest BCUT2D eigenvalue weighted by Gasteiger charge is -2.32. The standard InChI is InChI=1S/C20H23N3O/c24-20(10-9-18-8-4-5-13-21-18)22-19-11-14-23(15-12-19)16-17-6-2-1-3-7-17/h1-10,13,19H,11-12,14-16H2,(H,22,24)/b10-9+. The molecule has 1 aliphatic rings. The van der Waals surface area contributed by atoms with Crippen LogP contribution in [0.1, 0.15) is 24.1 Å². The van der Waals surface area contributed by atoms with Gasteiger partial charge in [-0.25, -0.2) is 0 Å².